The molecule has 0 aliphatic carbocycles. The fourth-order valence-electron chi connectivity index (χ4n) is 5.69. The van der Waals surface area contributed by atoms with E-state index < -0.39 is 10.9 Å². The number of hydrogen-bond acceptors (Lipinski definition) is 3. The molecule has 0 unspecified atom stereocenters. The topological polar surface area (TPSA) is 26.3 Å². The lowest BCUT2D eigenvalue weighted by atomic mass is 10.1. The van der Waals surface area contributed by atoms with Gasteiger partial charge in [-0.2, -0.15) is 0 Å². The molecule has 43 heavy (non-hydrogen) atoms. The van der Waals surface area contributed by atoms with Crippen molar-refractivity contribution in [3.8, 4) is 5.75 Å². The highest BCUT2D eigenvalue weighted by atomic mass is 35.5. The van der Waals surface area contributed by atoms with Gasteiger partial charge in [-0.05, 0) is 49.7 Å². The van der Waals surface area contributed by atoms with E-state index in [0.29, 0.717) is 22.4 Å². The summed E-state index contributed by atoms with van der Waals surface area (Å²) >= 11 is 8.77. The fraction of sp³-hybridized carbons (Fsp3) is 0.342. The van der Waals surface area contributed by atoms with E-state index in [1.165, 1.54) is 61.2 Å². The number of rotatable bonds is 15. The van der Waals surface area contributed by atoms with Crippen molar-refractivity contribution < 1.29 is 4.74 Å². The van der Waals surface area contributed by atoms with Crippen LogP contribution in [0.4, 0.5) is 0 Å². The zero-order valence-electron chi connectivity index (χ0n) is 25.4. The van der Waals surface area contributed by atoms with Gasteiger partial charge in [0.25, 0.3) is 0 Å². The van der Waals surface area contributed by atoms with Crippen LogP contribution in [-0.2, 0) is 10.9 Å². The Balaban J connectivity index is 1.52. The van der Waals surface area contributed by atoms with Crippen molar-refractivity contribution in [2.45, 2.75) is 92.7 Å². The quantitative estimate of drug-likeness (QED) is 0.0654. The Kier molecular flexibility index (Phi) is 11.6. The van der Waals surface area contributed by atoms with Crippen LogP contribution >= 0.6 is 22.9 Å². The molecule has 0 aliphatic heterocycles. The molecule has 4 aromatic carbocycles. The second-order valence-electron chi connectivity index (χ2n) is 11.2. The van der Waals surface area contributed by atoms with Crippen LogP contribution in [0.5, 0.6) is 5.75 Å². The molecular formula is C38H42ClO2S2+. The highest BCUT2D eigenvalue weighted by molar-refractivity contribution is 7.97. The van der Waals surface area contributed by atoms with Gasteiger partial charge in [-0.25, -0.2) is 0 Å². The average Bonchev–Trinajstić information content (AvgIpc) is 3.04. The Morgan fingerprint density at radius 3 is 1.86 bits per heavy atom. The summed E-state index contributed by atoms with van der Waals surface area (Å²) in [6.07, 6.45) is 12.7. The molecule has 0 amide bonds. The molecule has 0 saturated carbocycles. The highest BCUT2D eigenvalue weighted by Gasteiger charge is 2.37. The first-order valence-electron chi connectivity index (χ1n) is 15.8. The van der Waals surface area contributed by atoms with Gasteiger partial charge in [0.15, 0.2) is 21.0 Å². The molecule has 0 aliphatic rings. The maximum atomic E-state index is 13.9. The van der Waals surface area contributed by atoms with Gasteiger partial charge in [0.2, 0.25) is 4.90 Å². The molecule has 224 valence electrons. The van der Waals surface area contributed by atoms with E-state index >= 15 is 0 Å². The molecule has 5 rings (SSSR count). The predicted molar refractivity (Wildman–Crippen MR) is 188 cm³/mol. The van der Waals surface area contributed by atoms with Crippen molar-refractivity contribution >= 4 is 54.0 Å². The third kappa shape index (κ3) is 7.48. The van der Waals surface area contributed by atoms with E-state index in [4.69, 9.17) is 16.3 Å². The predicted octanol–water partition coefficient (Wildman–Crippen LogP) is 11.8. The number of hydrogen-bond donors (Lipinski definition) is 0. The molecular weight excluding hydrogens is 588 g/mol. The number of fused-ring (bicyclic) bond motifs is 2. The molecule has 5 heteroatoms. The number of halogens is 1. The van der Waals surface area contributed by atoms with Crippen molar-refractivity contribution in [2.24, 2.45) is 0 Å². The van der Waals surface area contributed by atoms with Crippen molar-refractivity contribution in [3.05, 3.63) is 106 Å². The van der Waals surface area contributed by atoms with Crippen LogP contribution in [0.1, 0.15) is 76.7 Å². The van der Waals surface area contributed by atoms with Gasteiger partial charge in [0.1, 0.15) is 10.9 Å². The van der Waals surface area contributed by atoms with Crippen LogP contribution in [0, 0.1) is 6.92 Å². The Bertz CT molecular complexity index is 1640. The number of unbranched alkanes of at least 4 members (excludes halogenated alkanes) is 9. The average molecular weight is 630 g/mol. The molecule has 2 nitrogen and oxygen atoms in total. The molecule has 0 saturated heterocycles. The SMILES string of the molecule is CCCCCCCCCCCCOc1c([S+](c2ccccc2)c2ccccc2)c(C)c(Cl)c2c(=O)c3ccccc3sc12. The summed E-state index contributed by atoms with van der Waals surface area (Å²) in [5.41, 5.74) is 0.898. The zero-order valence-corrected chi connectivity index (χ0v) is 27.8. The van der Waals surface area contributed by atoms with Crippen LogP contribution in [0.25, 0.3) is 20.2 Å². The monoisotopic (exact) mass is 629 g/mol. The summed E-state index contributed by atoms with van der Waals surface area (Å²) in [6.45, 7) is 4.94. The van der Waals surface area contributed by atoms with Gasteiger partial charge in [0, 0.05) is 15.6 Å². The number of benzene rings is 4. The second kappa shape index (κ2) is 15.8. The first-order valence-corrected chi connectivity index (χ1v) is 18.2. The molecule has 0 bridgehead atoms. The van der Waals surface area contributed by atoms with Crippen molar-refractivity contribution in [1.82, 2.24) is 0 Å². The van der Waals surface area contributed by atoms with E-state index in [-0.39, 0.29) is 5.43 Å². The maximum Gasteiger partial charge on any atom is 0.214 e. The molecule has 1 heterocycles. The van der Waals surface area contributed by atoms with E-state index in [9.17, 15) is 4.79 Å². The molecule has 0 N–H and O–H groups in total. The molecule has 0 spiro atoms. The third-order valence-corrected chi connectivity index (χ3v) is 12.0. The van der Waals surface area contributed by atoms with E-state index in [1.54, 1.807) is 11.3 Å². The van der Waals surface area contributed by atoms with Crippen LogP contribution in [0.2, 0.25) is 5.02 Å². The fourth-order valence-corrected chi connectivity index (χ4v) is 9.68. The lowest BCUT2D eigenvalue weighted by Crippen LogP contribution is -2.13. The lowest BCUT2D eigenvalue weighted by Gasteiger charge is -2.18. The molecule has 1 aromatic heterocycles. The first-order chi connectivity index (χ1) is 21.1. The molecule has 5 aromatic rings. The van der Waals surface area contributed by atoms with Crippen molar-refractivity contribution in [3.63, 3.8) is 0 Å². The number of ether oxygens (including phenoxy) is 1. The minimum absolute atomic E-state index is 0.0212. The molecule has 0 fully saturated rings. The highest BCUT2D eigenvalue weighted by Crippen LogP contribution is 2.47. The van der Waals surface area contributed by atoms with Gasteiger partial charge in [-0.15, -0.1) is 11.3 Å². The zero-order chi connectivity index (χ0) is 30.0. The van der Waals surface area contributed by atoms with Crippen molar-refractivity contribution in [2.75, 3.05) is 6.61 Å². The largest absolute Gasteiger partial charge is 0.487 e. The first kappa shape index (κ1) is 31.6. The Labute approximate surface area is 268 Å². The summed E-state index contributed by atoms with van der Waals surface area (Å²) in [5, 5.41) is 1.82. The lowest BCUT2D eigenvalue weighted by molar-refractivity contribution is 0.301. The summed E-state index contributed by atoms with van der Waals surface area (Å²) < 4.78 is 8.61. The Morgan fingerprint density at radius 1 is 0.721 bits per heavy atom. The molecule has 0 atom stereocenters. The van der Waals surface area contributed by atoms with Crippen LogP contribution in [-0.4, -0.2) is 6.61 Å². The minimum Gasteiger partial charge on any atom is -0.487 e. The smallest absolute Gasteiger partial charge is 0.214 e. The Morgan fingerprint density at radius 2 is 1.26 bits per heavy atom. The molecule has 0 radical (unpaired) electrons. The van der Waals surface area contributed by atoms with Gasteiger partial charge >= 0.3 is 0 Å². The van der Waals surface area contributed by atoms with E-state index in [2.05, 4.69) is 74.5 Å². The van der Waals surface area contributed by atoms with Gasteiger partial charge in [0.05, 0.1) is 21.7 Å². The second-order valence-corrected chi connectivity index (χ2v) is 14.6. The standard InChI is InChI=1S/C38H42ClO2S2/c1-3-4-5-6-7-8-9-10-11-20-27-41-36-37-33(35(40)31-25-18-19-26-32(31)42-37)34(39)28(2)38(36)43(29-21-14-12-15-22-29)30-23-16-13-17-24-30/h12-19,21-26H,3-11,20,27H2,1-2H3/q+1. The van der Waals surface area contributed by atoms with Gasteiger partial charge in [-0.1, -0.05) is 125 Å². The summed E-state index contributed by atoms with van der Waals surface area (Å²) in [4.78, 5) is 17.3. The third-order valence-electron chi connectivity index (χ3n) is 8.01. The van der Waals surface area contributed by atoms with E-state index in [1.807, 2.05) is 24.3 Å². The van der Waals surface area contributed by atoms with Crippen LogP contribution in [0.3, 0.4) is 0 Å². The normalized spacial score (nSPS) is 11.5. The van der Waals surface area contributed by atoms with E-state index in [0.717, 1.165) is 38.4 Å². The summed E-state index contributed by atoms with van der Waals surface area (Å²) in [7, 11) is -0.465. The minimum atomic E-state index is -0.465. The Hall–Kier alpha value is -2.79. The van der Waals surface area contributed by atoms with Crippen molar-refractivity contribution in [1.29, 1.82) is 0 Å². The summed E-state index contributed by atoms with van der Waals surface area (Å²) in [6, 6.07) is 29.0. The van der Waals surface area contributed by atoms with Crippen LogP contribution < -0.4 is 10.2 Å². The van der Waals surface area contributed by atoms with Crippen LogP contribution in [0.15, 0.2) is 104 Å². The maximum absolute atomic E-state index is 13.9. The van der Waals surface area contributed by atoms with Gasteiger partial charge in [-0.3, -0.25) is 4.79 Å². The summed E-state index contributed by atoms with van der Waals surface area (Å²) in [5.74, 6) is 0.816. The van der Waals surface area contributed by atoms with Gasteiger partial charge < -0.3 is 4.74 Å².